The van der Waals surface area contributed by atoms with E-state index in [0.717, 1.165) is 18.3 Å². The zero-order chi connectivity index (χ0) is 21.0. The molecule has 0 aliphatic carbocycles. The van der Waals surface area contributed by atoms with Gasteiger partial charge in [0.1, 0.15) is 35.0 Å². The average Bonchev–Trinajstić information content (AvgIpc) is 2.71. The number of nitrogens with one attached hydrogen (secondary N) is 1. The molecule has 10 heteroatoms. The van der Waals surface area contributed by atoms with E-state index in [9.17, 15) is 18.1 Å². The Morgan fingerprint density at radius 1 is 1.14 bits per heavy atom. The van der Waals surface area contributed by atoms with Gasteiger partial charge in [-0.05, 0) is 42.5 Å². The minimum Gasteiger partial charge on any atom is -0.495 e. The van der Waals surface area contributed by atoms with E-state index < -0.39 is 15.8 Å². The first kappa shape index (κ1) is 20.4. The third kappa shape index (κ3) is 4.74. The van der Waals surface area contributed by atoms with Crippen molar-refractivity contribution in [2.75, 3.05) is 11.8 Å². The number of pyridine rings is 1. The number of hydrogen-bond donors (Lipinski definition) is 1. The highest BCUT2D eigenvalue weighted by atomic mass is 35.5. The zero-order valence-electron chi connectivity index (χ0n) is 14.9. The molecule has 0 saturated carbocycles. The summed E-state index contributed by atoms with van der Waals surface area (Å²) in [5.74, 6) is 0.235. The number of rotatable bonds is 6. The van der Waals surface area contributed by atoms with Gasteiger partial charge >= 0.3 is 0 Å². The lowest BCUT2D eigenvalue weighted by Gasteiger charge is -2.12. The van der Waals surface area contributed by atoms with Crippen LogP contribution in [0.3, 0.4) is 0 Å². The molecule has 0 radical (unpaired) electrons. The van der Waals surface area contributed by atoms with Crippen LogP contribution in [0.1, 0.15) is 5.56 Å². The molecule has 0 aliphatic heterocycles. The summed E-state index contributed by atoms with van der Waals surface area (Å²) in [7, 11) is -2.59. The molecule has 1 heterocycles. The number of anilines is 1. The van der Waals surface area contributed by atoms with E-state index in [4.69, 9.17) is 21.1 Å². The Labute approximate surface area is 171 Å². The summed E-state index contributed by atoms with van der Waals surface area (Å²) < 4.78 is 51.0. The number of aromatic nitrogens is 1. The number of ether oxygens (including phenoxy) is 2. The third-order valence-corrected chi connectivity index (χ3v) is 5.36. The monoisotopic (exact) mass is 433 g/mol. The van der Waals surface area contributed by atoms with Gasteiger partial charge in [0, 0.05) is 6.07 Å². The van der Waals surface area contributed by atoms with Crippen LogP contribution in [0.2, 0.25) is 5.02 Å². The highest BCUT2D eigenvalue weighted by Crippen LogP contribution is 2.33. The number of hydrogen-bond acceptors (Lipinski definition) is 6. The van der Waals surface area contributed by atoms with Crippen molar-refractivity contribution < 1.29 is 22.3 Å². The smallest absolute Gasteiger partial charge is 0.263 e. The van der Waals surface area contributed by atoms with Crippen LogP contribution >= 0.6 is 11.6 Å². The van der Waals surface area contributed by atoms with Crippen molar-refractivity contribution in [2.24, 2.45) is 0 Å². The summed E-state index contributed by atoms with van der Waals surface area (Å²) in [6, 6.07) is 12.6. The van der Waals surface area contributed by atoms with Crippen molar-refractivity contribution >= 4 is 27.4 Å². The fourth-order valence-electron chi connectivity index (χ4n) is 2.32. The van der Waals surface area contributed by atoms with Gasteiger partial charge in [0.25, 0.3) is 10.0 Å². The van der Waals surface area contributed by atoms with Crippen molar-refractivity contribution in [3.8, 4) is 23.3 Å². The second-order valence-corrected chi connectivity index (χ2v) is 7.72. The summed E-state index contributed by atoms with van der Waals surface area (Å²) >= 11 is 5.97. The van der Waals surface area contributed by atoms with Gasteiger partial charge < -0.3 is 9.47 Å². The van der Waals surface area contributed by atoms with E-state index in [2.05, 4.69) is 9.71 Å². The maximum atomic E-state index is 12.9. The van der Waals surface area contributed by atoms with Crippen molar-refractivity contribution in [3.63, 3.8) is 0 Å². The molecule has 1 aromatic heterocycles. The first-order valence-electron chi connectivity index (χ1n) is 8.02. The van der Waals surface area contributed by atoms with E-state index in [-0.39, 0.29) is 22.0 Å². The van der Waals surface area contributed by atoms with Crippen LogP contribution in [0.4, 0.5) is 10.2 Å². The molecule has 0 aliphatic rings. The van der Waals surface area contributed by atoms with Crippen molar-refractivity contribution in [2.45, 2.75) is 4.90 Å². The Morgan fingerprint density at radius 3 is 2.59 bits per heavy atom. The predicted molar refractivity (Wildman–Crippen MR) is 104 cm³/mol. The standard InChI is InChI=1S/C19H13ClFN3O4S/c1-27-18-9-14(3-5-16(18)20)28-17-6-4-15(8-12(17)10-22)29(25,26)24-19-7-2-13(21)11-23-19/h2-9,11H,1H3,(H,23,24). The summed E-state index contributed by atoms with van der Waals surface area (Å²) in [5, 5.41) is 9.80. The number of nitriles is 1. The van der Waals surface area contributed by atoms with Crippen LogP contribution < -0.4 is 14.2 Å². The van der Waals surface area contributed by atoms with Crippen LogP contribution in [0.15, 0.2) is 59.6 Å². The van der Waals surface area contributed by atoms with E-state index >= 15 is 0 Å². The molecule has 29 heavy (non-hydrogen) atoms. The molecule has 3 aromatic rings. The Hall–Kier alpha value is -3.35. The molecule has 7 nitrogen and oxygen atoms in total. The van der Waals surface area contributed by atoms with E-state index in [0.29, 0.717) is 16.5 Å². The second kappa shape index (κ2) is 8.34. The predicted octanol–water partition coefficient (Wildman–Crippen LogP) is 4.35. The lowest BCUT2D eigenvalue weighted by Crippen LogP contribution is -2.14. The van der Waals surface area contributed by atoms with Gasteiger partial charge in [-0.2, -0.15) is 5.26 Å². The fraction of sp³-hybridized carbons (Fsp3) is 0.0526. The summed E-state index contributed by atoms with van der Waals surface area (Å²) in [5.41, 5.74) is -0.00569. The van der Waals surface area contributed by atoms with E-state index in [1.165, 1.54) is 31.4 Å². The molecule has 0 atom stereocenters. The van der Waals surface area contributed by atoms with E-state index in [1.807, 2.05) is 6.07 Å². The molecule has 3 rings (SSSR count). The number of halogens is 2. The van der Waals surface area contributed by atoms with Gasteiger partial charge in [-0.3, -0.25) is 4.72 Å². The molecule has 0 bridgehead atoms. The topological polar surface area (TPSA) is 101 Å². The first-order valence-corrected chi connectivity index (χ1v) is 9.88. The van der Waals surface area contributed by atoms with Crippen LogP contribution in [0.5, 0.6) is 17.2 Å². The molecule has 1 N–H and O–H groups in total. The van der Waals surface area contributed by atoms with Gasteiger partial charge in [0.2, 0.25) is 0 Å². The molecule has 0 spiro atoms. The Kier molecular flexibility index (Phi) is 5.87. The molecule has 0 fully saturated rings. The number of nitrogens with zero attached hydrogens (tertiary/aromatic N) is 2. The number of benzene rings is 2. The molecule has 2 aromatic carbocycles. The van der Waals surface area contributed by atoms with Crippen LogP contribution in [-0.4, -0.2) is 20.5 Å². The van der Waals surface area contributed by atoms with Crippen molar-refractivity contribution in [3.05, 3.63) is 71.1 Å². The molecule has 148 valence electrons. The minimum atomic E-state index is -4.04. The number of methoxy groups -OCH3 is 1. The van der Waals surface area contributed by atoms with Crippen LogP contribution in [0, 0.1) is 17.1 Å². The summed E-state index contributed by atoms with van der Waals surface area (Å²) in [6.07, 6.45) is 0.885. The quantitative estimate of drug-likeness (QED) is 0.620. The Morgan fingerprint density at radius 2 is 1.93 bits per heavy atom. The maximum absolute atomic E-state index is 12.9. The third-order valence-electron chi connectivity index (χ3n) is 3.70. The molecule has 0 saturated heterocycles. The number of sulfonamides is 1. The molecule has 0 unspecified atom stereocenters. The largest absolute Gasteiger partial charge is 0.495 e. The minimum absolute atomic E-state index is 0.00569. The Balaban J connectivity index is 1.88. The fourth-order valence-corrected chi connectivity index (χ4v) is 3.54. The first-order chi connectivity index (χ1) is 13.8. The van der Waals surface area contributed by atoms with Gasteiger partial charge in [-0.1, -0.05) is 11.6 Å². The van der Waals surface area contributed by atoms with Gasteiger partial charge in [-0.15, -0.1) is 0 Å². The van der Waals surface area contributed by atoms with Crippen molar-refractivity contribution in [1.82, 2.24) is 4.98 Å². The van der Waals surface area contributed by atoms with E-state index in [1.54, 1.807) is 12.1 Å². The molecular weight excluding hydrogens is 421 g/mol. The van der Waals surface area contributed by atoms with Crippen LogP contribution in [0.25, 0.3) is 0 Å². The maximum Gasteiger partial charge on any atom is 0.263 e. The summed E-state index contributed by atoms with van der Waals surface area (Å²) in [4.78, 5) is 3.47. The lowest BCUT2D eigenvalue weighted by atomic mass is 10.2. The van der Waals surface area contributed by atoms with Gasteiger partial charge in [0.15, 0.2) is 0 Å². The summed E-state index contributed by atoms with van der Waals surface area (Å²) in [6.45, 7) is 0. The SMILES string of the molecule is COc1cc(Oc2ccc(S(=O)(=O)Nc3ccc(F)cn3)cc2C#N)ccc1Cl. The van der Waals surface area contributed by atoms with Gasteiger partial charge in [-0.25, -0.2) is 17.8 Å². The Bertz CT molecular complexity index is 1200. The lowest BCUT2D eigenvalue weighted by molar-refractivity contribution is 0.409. The molecule has 0 amide bonds. The molecular formula is C19H13ClFN3O4S. The second-order valence-electron chi connectivity index (χ2n) is 5.64. The normalized spacial score (nSPS) is 10.8. The average molecular weight is 434 g/mol. The zero-order valence-corrected chi connectivity index (χ0v) is 16.5. The highest BCUT2D eigenvalue weighted by Gasteiger charge is 2.18. The van der Waals surface area contributed by atoms with Gasteiger partial charge in [0.05, 0.1) is 28.8 Å². The van der Waals surface area contributed by atoms with Crippen LogP contribution in [-0.2, 0) is 10.0 Å². The van der Waals surface area contributed by atoms with Crippen molar-refractivity contribution in [1.29, 1.82) is 5.26 Å². The highest BCUT2D eigenvalue weighted by molar-refractivity contribution is 7.92.